The summed E-state index contributed by atoms with van der Waals surface area (Å²) in [5.74, 6) is -0.0608. The Kier molecular flexibility index (Phi) is 6.90. The van der Waals surface area contributed by atoms with Crippen molar-refractivity contribution in [2.75, 3.05) is 20.8 Å². The number of methoxy groups -OCH3 is 2. The molecule has 1 aliphatic carbocycles. The predicted octanol–water partition coefficient (Wildman–Crippen LogP) is 2.24. The quantitative estimate of drug-likeness (QED) is 0.470. The van der Waals surface area contributed by atoms with Gasteiger partial charge in [-0.1, -0.05) is 6.07 Å². The lowest BCUT2D eigenvalue weighted by atomic mass is 10.1. The lowest BCUT2D eigenvalue weighted by Gasteiger charge is -2.17. The minimum Gasteiger partial charge on any atom is -0.493 e. The number of rotatable bonds is 7. The Morgan fingerprint density at radius 1 is 1.17 bits per heavy atom. The van der Waals surface area contributed by atoms with E-state index < -0.39 is 11.9 Å². The Morgan fingerprint density at radius 2 is 1.92 bits per heavy atom. The summed E-state index contributed by atoms with van der Waals surface area (Å²) in [6.07, 6.45) is 6.37. The molecule has 1 aromatic carbocycles. The van der Waals surface area contributed by atoms with Gasteiger partial charge in [0, 0.05) is 6.54 Å². The van der Waals surface area contributed by atoms with Crippen LogP contribution in [-0.4, -0.2) is 38.7 Å². The average molecular weight is 335 g/mol. The van der Waals surface area contributed by atoms with Gasteiger partial charge in [-0.2, -0.15) is 0 Å². The van der Waals surface area contributed by atoms with Gasteiger partial charge in [0.25, 0.3) is 0 Å². The lowest BCUT2D eigenvalue weighted by molar-refractivity contribution is -0.152. The molecule has 2 rings (SSSR count). The summed E-state index contributed by atoms with van der Waals surface area (Å²) in [7, 11) is 2.82. The van der Waals surface area contributed by atoms with Crippen molar-refractivity contribution in [2.45, 2.75) is 44.6 Å². The number of carbonyl (C=O) groups excluding carboxylic acids is 2. The molecule has 24 heavy (non-hydrogen) atoms. The summed E-state index contributed by atoms with van der Waals surface area (Å²) in [6.45, 7) is 0.415. The van der Waals surface area contributed by atoms with E-state index >= 15 is 0 Å². The third-order valence-corrected chi connectivity index (χ3v) is 4.12. The highest BCUT2D eigenvalue weighted by Gasteiger charge is 2.18. The molecule has 1 saturated carbocycles. The predicted molar refractivity (Wildman–Crippen MR) is 89.2 cm³/mol. The van der Waals surface area contributed by atoms with Gasteiger partial charge < -0.3 is 19.5 Å². The van der Waals surface area contributed by atoms with Crippen molar-refractivity contribution in [2.24, 2.45) is 0 Å². The first kappa shape index (κ1) is 18.1. The topological polar surface area (TPSA) is 73.9 Å². The molecule has 1 fully saturated rings. The van der Waals surface area contributed by atoms with Gasteiger partial charge in [-0.05, 0) is 56.2 Å². The molecule has 1 N–H and O–H groups in total. The molecule has 1 aliphatic rings. The highest BCUT2D eigenvalue weighted by molar-refractivity contribution is 6.32. The van der Waals surface area contributed by atoms with Crippen LogP contribution in [0.2, 0.25) is 0 Å². The Balaban J connectivity index is 1.86. The van der Waals surface area contributed by atoms with Crippen molar-refractivity contribution < 1.29 is 23.8 Å². The number of hydrogen-bond acceptors (Lipinski definition) is 5. The number of ether oxygens (including phenoxy) is 3. The van der Waals surface area contributed by atoms with Crippen LogP contribution < -0.4 is 14.8 Å². The van der Waals surface area contributed by atoms with E-state index in [0.717, 1.165) is 42.7 Å². The van der Waals surface area contributed by atoms with Crippen molar-refractivity contribution >= 4 is 11.9 Å². The van der Waals surface area contributed by atoms with Crippen LogP contribution in [0.15, 0.2) is 18.2 Å². The average Bonchev–Trinajstić information content (AvgIpc) is 3.11. The Morgan fingerprint density at radius 3 is 2.58 bits per heavy atom. The summed E-state index contributed by atoms with van der Waals surface area (Å²) in [5, 5.41) is 2.53. The number of carbonyl (C=O) groups is 2. The first-order chi connectivity index (χ1) is 11.6. The third-order valence-electron chi connectivity index (χ3n) is 4.12. The molecule has 0 radical (unpaired) electrons. The molecule has 1 aromatic rings. The fraction of sp³-hybridized carbons (Fsp3) is 0.556. The van der Waals surface area contributed by atoms with E-state index in [4.69, 9.17) is 9.47 Å². The fourth-order valence-corrected chi connectivity index (χ4v) is 2.81. The standard InChI is InChI=1S/C18H25NO5/c1-22-15-10-9-13(6-5-11-19-17(20)18(21)23-2)12-16(15)24-14-7-3-4-8-14/h9-10,12,14H,3-8,11H2,1-2H3,(H,19,20). The number of nitrogens with one attached hydrogen (secondary N) is 1. The van der Waals surface area contributed by atoms with Crippen LogP contribution in [0, 0.1) is 0 Å². The van der Waals surface area contributed by atoms with Gasteiger partial charge >= 0.3 is 11.9 Å². The maximum atomic E-state index is 11.3. The minimum atomic E-state index is -0.869. The van der Waals surface area contributed by atoms with Crippen molar-refractivity contribution in [3.8, 4) is 11.5 Å². The van der Waals surface area contributed by atoms with E-state index in [2.05, 4.69) is 10.1 Å². The van der Waals surface area contributed by atoms with Crippen LogP contribution in [0.4, 0.5) is 0 Å². The van der Waals surface area contributed by atoms with Crippen LogP contribution in [0.5, 0.6) is 11.5 Å². The number of benzene rings is 1. The fourth-order valence-electron chi connectivity index (χ4n) is 2.81. The van der Waals surface area contributed by atoms with E-state index in [1.165, 1.54) is 20.0 Å². The van der Waals surface area contributed by atoms with Crippen LogP contribution in [0.1, 0.15) is 37.7 Å². The van der Waals surface area contributed by atoms with Crippen molar-refractivity contribution in [1.82, 2.24) is 5.32 Å². The smallest absolute Gasteiger partial charge is 0.396 e. The van der Waals surface area contributed by atoms with Gasteiger partial charge in [-0.25, -0.2) is 4.79 Å². The molecule has 0 unspecified atom stereocenters. The molecular formula is C18H25NO5. The van der Waals surface area contributed by atoms with E-state index in [1.54, 1.807) is 7.11 Å². The normalized spacial score (nSPS) is 14.2. The zero-order valence-corrected chi connectivity index (χ0v) is 14.3. The van der Waals surface area contributed by atoms with Crippen LogP contribution in [0.3, 0.4) is 0 Å². The summed E-state index contributed by atoms with van der Waals surface area (Å²) in [6, 6.07) is 5.90. The first-order valence-electron chi connectivity index (χ1n) is 8.33. The molecule has 6 heteroatoms. The van der Waals surface area contributed by atoms with Gasteiger partial charge in [-0.15, -0.1) is 0 Å². The second kappa shape index (κ2) is 9.15. The Labute approximate surface area is 142 Å². The third kappa shape index (κ3) is 5.15. The van der Waals surface area contributed by atoms with Crippen molar-refractivity contribution in [3.05, 3.63) is 23.8 Å². The molecule has 0 heterocycles. The highest BCUT2D eigenvalue weighted by Crippen LogP contribution is 2.32. The number of hydrogen-bond donors (Lipinski definition) is 1. The number of aryl methyl sites for hydroxylation is 1. The monoisotopic (exact) mass is 335 g/mol. The first-order valence-corrected chi connectivity index (χ1v) is 8.33. The summed E-state index contributed by atoms with van der Waals surface area (Å²) >= 11 is 0. The molecule has 0 aliphatic heterocycles. The molecule has 0 spiro atoms. The van der Waals surface area contributed by atoms with Gasteiger partial charge in [0.1, 0.15) is 0 Å². The molecule has 0 saturated heterocycles. The van der Waals surface area contributed by atoms with Gasteiger partial charge in [0.05, 0.1) is 20.3 Å². The molecule has 0 atom stereocenters. The highest BCUT2D eigenvalue weighted by atomic mass is 16.5. The number of amides is 1. The summed E-state index contributed by atoms with van der Waals surface area (Å²) < 4.78 is 15.8. The van der Waals surface area contributed by atoms with Crippen LogP contribution in [0.25, 0.3) is 0 Å². The van der Waals surface area contributed by atoms with E-state index in [-0.39, 0.29) is 6.10 Å². The lowest BCUT2D eigenvalue weighted by Crippen LogP contribution is -2.32. The van der Waals surface area contributed by atoms with Crippen LogP contribution >= 0.6 is 0 Å². The van der Waals surface area contributed by atoms with Gasteiger partial charge in [0.2, 0.25) is 0 Å². The summed E-state index contributed by atoms with van der Waals surface area (Å²) in [5.41, 5.74) is 1.11. The molecule has 0 bridgehead atoms. The molecule has 6 nitrogen and oxygen atoms in total. The van der Waals surface area contributed by atoms with E-state index in [0.29, 0.717) is 6.54 Å². The maximum absolute atomic E-state index is 11.3. The van der Waals surface area contributed by atoms with E-state index in [1.807, 2.05) is 18.2 Å². The largest absolute Gasteiger partial charge is 0.493 e. The minimum absolute atomic E-state index is 0.272. The van der Waals surface area contributed by atoms with Crippen LogP contribution in [-0.2, 0) is 20.7 Å². The molecule has 1 amide bonds. The van der Waals surface area contributed by atoms with Gasteiger partial charge in [0.15, 0.2) is 11.5 Å². The second-order valence-electron chi connectivity index (χ2n) is 5.86. The zero-order valence-electron chi connectivity index (χ0n) is 14.3. The maximum Gasteiger partial charge on any atom is 0.396 e. The van der Waals surface area contributed by atoms with Crippen molar-refractivity contribution in [1.29, 1.82) is 0 Å². The van der Waals surface area contributed by atoms with Gasteiger partial charge in [-0.3, -0.25) is 4.79 Å². The van der Waals surface area contributed by atoms with Crippen molar-refractivity contribution in [3.63, 3.8) is 0 Å². The zero-order chi connectivity index (χ0) is 17.4. The Bertz CT molecular complexity index is 567. The summed E-state index contributed by atoms with van der Waals surface area (Å²) in [4.78, 5) is 22.3. The molecular weight excluding hydrogens is 310 g/mol. The SMILES string of the molecule is COC(=O)C(=O)NCCCc1ccc(OC)c(OC2CCCC2)c1. The van der Waals surface area contributed by atoms with E-state index in [9.17, 15) is 9.59 Å². The Hall–Kier alpha value is -2.24. The molecule has 132 valence electrons. The second-order valence-corrected chi connectivity index (χ2v) is 5.86. The number of esters is 1. The molecule has 0 aromatic heterocycles.